The van der Waals surface area contributed by atoms with Gasteiger partial charge in [0.05, 0.1) is 42.3 Å². The summed E-state index contributed by atoms with van der Waals surface area (Å²) in [5, 5.41) is 10.8. The van der Waals surface area contributed by atoms with Gasteiger partial charge in [-0.1, -0.05) is 25.5 Å². The number of halogens is 3. The van der Waals surface area contributed by atoms with Crippen molar-refractivity contribution >= 4 is 44.5 Å². The number of aromatic nitrogens is 2. The summed E-state index contributed by atoms with van der Waals surface area (Å²) in [5.41, 5.74) is 9.78. The van der Waals surface area contributed by atoms with E-state index in [1.165, 1.54) is 13.0 Å². The van der Waals surface area contributed by atoms with E-state index in [2.05, 4.69) is 18.0 Å². The van der Waals surface area contributed by atoms with Gasteiger partial charge in [0.15, 0.2) is 5.82 Å². The van der Waals surface area contributed by atoms with Crippen LogP contribution in [-0.4, -0.2) is 37.3 Å². The first-order valence-corrected chi connectivity index (χ1v) is 15.7. The van der Waals surface area contributed by atoms with Crippen molar-refractivity contribution < 1.29 is 22.6 Å². The fourth-order valence-corrected chi connectivity index (χ4v) is 6.45. The van der Waals surface area contributed by atoms with Crippen LogP contribution in [0.25, 0.3) is 22.3 Å². The second kappa shape index (κ2) is 13.6. The monoisotopic (exact) mass is 627 g/mol. The number of alkyl halides is 1. The maximum atomic E-state index is 17.1. The highest BCUT2D eigenvalue weighted by molar-refractivity contribution is 7.17. The zero-order chi connectivity index (χ0) is 32.3. The molecule has 0 atom stereocenters. The van der Waals surface area contributed by atoms with Crippen molar-refractivity contribution in [2.24, 2.45) is 5.41 Å². The molecule has 2 N–H and O–H groups in total. The first-order chi connectivity index (χ1) is 21.0. The van der Waals surface area contributed by atoms with Gasteiger partial charge in [-0.15, -0.1) is 11.3 Å². The first-order valence-electron chi connectivity index (χ1n) is 14.9. The molecule has 0 spiro atoms. The third kappa shape index (κ3) is 6.02. The van der Waals surface area contributed by atoms with Gasteiger partial charge in [-0.25, -0.2) is 8.78 Å². The standard InChI is InChI=1S/C31H35F2N5O2S.C2H5F/c1-7-16(4)21(23-17(12-34)28(35)41-27(23)20(32)8-2)22-18-13-39-14-19(18)24-26(25(22)33)36-30(37-29(24)38(5)6)40-15-31(9-3)10-11-31;1-2-3/h8H,7,9-11,13-15,35H2,1-6H3;2H2,1H3/b20-8+,21-16+;. The lowest BCUT2D eigenvalue weighted by atomic mass is 9.84. The number of hydrogen-bond donors (Lipinski definition) is 1. The van der Waals surface area contributed by atoms with E-state index in [0.29, 0.717) is 40.9 Å². The highest BCUT2D eigenvalue weighted by atomic mass is 32.1. The molecule has 1 aliphatic heterocycles. The van der Waals surface area contributed by atoms with Crippen molar-refractivity contribution in [2.45, 2.75) is 73.5 Å². The lowest BCUT2D eigenvalue weighted by Gasteiger charge is -2.22. The van der Waals surface area contributed by atoms with Gasteiger partial charge in [-0.2, -0.15) is 15.2 Å². The second-order valence-corrected chi connectivity index (χ2v) is 12.4. The SMILES string of the molecule is C/C=C(/F)c1sc(N)c(C#N)c1/C(=C(\C)CC)c1c2c(c3c(N(C)C)nc(OCC4(CC)CC4)nc3c1F)COC2.CCF. The average Bonchev–Trinajstić information content (AvgIpc) is 3.50. The molecule has 2 aromatic heterocycles. The molecule has 2 aliphatic rings. The number of benzene rings is 1. The second-order valence-electron chi connectivity index (χ2n) is 11.3. The Bertz CT molecular complexity index is 1670. The summed E-state index contributed by atoms with van der Waals surface area (Å²) in [5.74, 6) is -0.569. The number of ether oxygens (including phenoxy) is 2. The molecule has 0 amide bonds. The molecule has 0 radical (unpaired) electrons. The Hall–Kier alpha value is -3.62. The summed E-state index contributed by atoms with van der Waals surface area (Å²) in [6, 6.07) is 2.26. The van der Waals surface area contributed by atoms with E-state index in [4.69, 9.17) is 20.2 Å². The lowest BCUT2D eigenvalue weighted by Crippen LogP contribution is -2.17. The molecule has 0 unspecified atom stereocenters. The van der Waals surface area contributed by atoms with E-state index < -0.39 is 11.6 Å². The Morgan fingerprint density at radius 3 is 2.39 bits per heavy atom. The largest absolute Gasteiger partial charge is 0.463 e. The third-order valence-electron chi connectivity index (χ3n) is 8.37. The van der Waals surface area contributed by atoms with Gasteiger partial charge in [-0.3, -0.25) is 4.39 Å². The van der Waals surface area contributed by atoms with Crippen LogP contribution >= 0.6 is 11.3 Å². The molecule has 236 valence electrons. The predicted molar refractivity (Wildman–Crippen MR) is 172 cm³/mol. The van der Waals surface area contributed by atoms with Crippen LogP contribution in [0.5, 0.6) is 6.01 Å². The minimum absolute atomic E-state index is 0.107. The van der Waals surface area contributed by atoms with E-state index in [0.717, 1.165) is 41.7 Å². The summed E-state index contributed by atoms with van der Waals surface area (Å²) in [6.45, 7) is 9.60. The molecule has 1 fully saturated rings. The van der Waals surface area contributed by atoms with Gasteiger partial charge in [0.2, 0.25) is 0 Å². The maximum Gasteiger partial charge on any atom is 0.319 e. The van der Waals surface area contributed by atoms with Crippen molar-refractivity contribution in [1.82, 2.24) is 9.97 Å². The van der Waals surface area contributed by atoms with Crippen molar-refractivity contribution in [3.8, 4) is 12.1 Å². The fourth-order valence-electron chi connectivity index (χ4n) is 5.46. The molecule has 3 heterocycles. The lowest BCUT2D eigenvalue weighted by molar-refractivity contribution is 0.134. The molecule has 3 aromatic rings. The van der Waals surface area contributed by atoms with Crippen LogP contribution in [0.2, 0.25) is 0 Å². The highest BCUT2D eigenvalue weighted by Gasteiger charge is 2.42. The quantitative estimate of drug-likeness (QED) is 0.254. The number of nitrogens with zero attached hydrogens (tertiary/aromatic N) is 4. The Morgan fingerprint density at radius 2 is 1.84 bits per heavy atom. The smallest absolute Gasteiger partial charge is 0.319 e. The van der Waals surface area contributed by atoms with E-state index >= 15 is 8.78 Å². The number of thiophene rings is 1. The van der Waals surface area contributed by atoms with E-state index in [-0.39, 0.29) is 57.8 Å². The summed E-state index contributed by atoms with van der Waals surface area (Å²) in [4.78, 5) is 11.3. The summed E-state index contributed by atoms with van der Waals surface area (Å²) < 4.78 is 54.6. The van der Waals surface area contributed by atoms with Crippen LogP contribution in [-0.2, 0) is 18.0 Å². The van der Waals surface area contributed by atoms with Crippen LogP contribution < -0.4 is 15.4 Å². The number of allylic oxidation sites excluding steroid dienone is 2. The molecule has 0 bridgehead atoms. The Labute approximate surface area is 261 Å². The highest BCUT2D eigenvalue weighted by Crippen LogP contribution is 2.50. The molecule has 0 saturated heterocycles. The first kappa shape index (κ1) is 33.3. The van der Waals surface area contributed by atoms with Gasteiger partial charge in [0.1, 0.15) is 28.2 Å². The molecule has 5 rings (SSSR count). The van der Waals surface area contributed by atoms with Gasteiger partial charge in [0.25, 0.3) is 0 Å². The number of rotatable bonds is 9. The Morgan fingerprint density at radius 1 is 1.18 bits per heavy atom. The molecule has 1 saturated carbocycles. The number of nitriles is 1. The van der Waals surface area contributed by atoms with Crippen molar-refractivity contribution in [3.63, 3.8) is 0 Å². The molecular weight excluding hydrogens is 587 g/mol. The summed E-state index contributed by atoms with van der Waals surface area (Å²) in [7, 11) is 3.69. The summed E-state index contributed by atoms with van der Waals surface area (Å²) in [6.07, 6.45) is 5.02. The van der Waals surface area contributed by atoms with Gasteiger partial charge in [-0.05, 0) is 63.2 Å². The zero-order valence-corrected chi connectivity index (χ0v) is 27.3. The number of nitrogen functional groups attached to an aromatic ring is 1. The minimum Gasteiger partial charge on any atom is -0.463 e. The molecule has 11 heteroatoms. The van der Waals surface area contributed by atoms with Crippen LogP contribution in [0, 0.1) is 22.6 Å². The number of hydrogen-bond acceptors (Lipinski definition) is 8. The molecule has 44 heavy (non-hydrogen) atoms. The van der Waals surface area contributed by atoms with Crippen molar-refractivity contribution in [1.29, 1.82) is 5.26 Å². The normalized spacial score (nSPS) is 15.7. The molecule has 1 aromatic carbocycles. The fraction of sp³-hybridized carbons (Fsp3) is 0.485. The Balaban J connectivity index is 0.00000141. The van der Waals surface area contributed by atoms with Gasteiger partial charge < -0.3 is 20.1 Å². The Kier molecular flexibility index (Phi) is 10.3. The van der Waals surface area contributed by atoms with E-state index in [9.17, 15) is 9.65 Å². The predicted octanol–water partition coefficient (Wildman–Crippen LogP) is 8.49. The van der Waals surface area contributed by atoms with Crippen LogP contribution in [0.4, 0.5) is 24.0 Å². The van der Waals surface area contributed by atoms with Gasteiger partial charge >= 0.3 is 6.01 Å². The summed E-state index contributed by atoms with van der Waals surface area (Å²) >= 11 is 0.989. The van der Waals surface area contributed by atoms with E-state index in [1.807, 2.05) is 32.8 Å². The topological polar surface area (TPSA) is 97.3 Å². The van der Waals surface area contributed by atoms with Crippen molar-refractivity contribution in [3.05, 3.63) is 50.2 Å². The maximum absolute atomic E-state index is 17.1. The number of anilines is 2. The molecule has 7 nitrogen and oxygen atoms in total. The van der Waals surface area contributed by atoms with Crippen LogP contribution in [0.15, 0.2) is 11.6 Å². The number of fused-ring (bicyclic) bond motifs is 3. The average molecular weight is 628 g/mol. The minimum atomic E-state index is -0.584. The molecule has 1 aliphatic carbocycles. The van der Waals surface area contributed by atoms with Crippen LogP contribution in [0.1, 0.15) is 93.0 Å². The van der Waals surface area contributed by atoms with Crippen LogP contribution in [0.3, 0.4) is 0 Å². The van der Waals surface area contributed by atoms with E-state index in [1.54, 1.807) is 6.92 Å². The van der Waals surface area contributed by atoms with Crippen molar-refractivity contribution in [2.75, 3.05) is 38.0 Å². The number of nitrogens with two attached hydrogens (primary N) is 1. The zero-order valence-electron chi connectivity index (χ0n) is 26.5. The molecular formula is C33H40F3N5O2S. The van der Waals surface area contributed by atoms with Gasteiger partial charge in [0, 0.05) is 30.6 Å². The third-order valence-corrected chi connectivity index (χ3v) is 9.40.